The molecule has 1 aromatic rings. The van der Waals surface area contributed by atoms with Crippen molar-refractivity contribution in [3.63, 3.8) is 0 Å². The van der Waals surface area contributed by atoms with Crippen molar-refractivity contribution in [2.45, 2.75) is 50.6 Å². The molecule has 0 aliphatic carbocycles. The van der Waals surface area contributed by atoms with Crippen molar-refractivity contribution in [2.24, 2.45) is 18.9 Å². The lowest BCUT2D eigenvalue weighted by Crippen LogP contribution is -2.62. The molecule has 3 atom stereocenters. The van der Waals surface area contributed by atoms with Crippen molar-refractivity contribution in [2.75, 3.05) is 32.7 Å². The maximum Gasteiger partial charge on any atom is 0.272 e. The highest BCUT2D eigenvalue weighted by molar-refractivity contribution is 5.92. The molecule has 152 valence electrons. The minimum Gasteiger partial charge on any atom is -0.339 e. The highest BCUT2D eigenvalue weighted by atomic mass is 16.2. The molecular formula is C21H31N5O2. The number of piperidine rings is 4. The second kappa shape index (κ2) is 7.17. The van der Waals surface area contributed by atoms with E-state index in [0.717, 1.165) is 58.4 Å². The van der Waals surface area contributed by atoms with E-state index >= 15 is 0 Å². The summed E-state index contributed by atoms with van der Waals surface area (Å²) in [4.78, 5) is 32.0. The lowest BCUT2D eigenvalue weighted by molar-refractivity contribution is -0.145. The van der Waals surface area contributed by atoms with E-state index in [2.05, 4.69) is 14.9 Å². The maximum atomic E-state index is 12.7. The van der Waals surface area contributed by atoms with Gasteiger partial charge in [-0.1, -0.05) is 0 Å². The molecule has 7 nitrogen and oxygen atoms in total. The van der Waals surface area contributed by atoms with Gasteiger partial charge >= 0.3 is 0 Å². The topological polar surface area (TPSA) is 61.7 Å². The zero-order valence-electron chi connectivity index (χ0n) is 16.8. The number of fused-ring (bicyclic) bond motifs is 4. The lowest BCUT2D eigenvalue weighted by Gasteiger charge is -2.54. The first-order valence-electron chi connectivity index (χ1n) is 10.9. The first kappa shape index (κ1) is 18.2. The standard InChI is InChI=1S/C21H31N5O2/c1-23-19(5-8-22-23)21(28)24-9-6-17(7-10-24)25-12-15-11-16(14-25)18-3-2-4-20(27)26(18)13-15/h5,8,15-18H,2-4,6-7,9-14H2,1H3/t15?,16?,18-/m1/s1. The zero-order valence-corrected chi connectivity index (χ0v) is 16.8. The molecule has 0 spiro atoms. The Hall–Kier alpha value is -1.89. The Morgan fingerprint density at radius 1 is 1.14 bits per heavy atom. The third kappa shape index (κ3) is 3.13. The molecule has 28 heavy (non-hydrogen) atoms. The van der Waals surface area contributed by atoms with Gasteiger partial charge in [-0.15, -0.1) is 0 Å². The van der Waals surface area contributed by atoms with Crippen molar-refractivity contribution in [1.29, 1.82) is 0 Å². The Kier molecular flexibility index (Phi) is 4.65. The molecule has 7 heteroatoms. The zero-order chi connectivity index (χ0) is 19.3. The van der Waals surface area contributed by atoms with Crippen molar-refractivity contribution < 1.29 is 9.59 Å². The van der Waals surface area contributed by atoms with Gasteiger partial charge in [0.2, 0.25) is 5.91 Å². The van der Waals surface area contributed by atoms with Gasteiger partial charge < -0.3 is 9.80 Å². The van der Waals surface area contributed by atoms with Crippen LogP contribution in [0.4, 0.5) is 0 Å². The molecule has 4 aliphatic rings. The van der Waals surface area contributed by atoms with E-state index in [1.807, 2.05) is 11.9 Å². The summed E-state index contributed by atoms with van der Waals surface area (Å²) in [5.41, 5.74) is 0.674. The van der Waals surface area contributed by atoms with Crippen LogP contribution in [0.25, 0.3) is 0 Å². The van der Waals surface area contributed by atoms with E-state index in [1.165, 1.54) is 12.8 Å². The third-order valence-electron chi connectivity index (χ3n) is 7.52. The van der Waals surface area contributed by atoms with Crippen LogP contribution in [-0.4, -0.2) is 81.1 Å². The minimum atomic E-state index is 0.102. The highest BCUT2D eigenvalue weighted by Gasteiger charge is 2.45. The van der Waals surface area contributed by atoms with Gasteiger partial charge in [-0.2, -0.15) is 5.10 Å². The number of aryl methyl sites for hydroxylation is 1. The van der Waals surface area contributed by atoms with Gasteiger partial charge in [0.05, 0.1) is 0 Å². The Morgan fingerprint density at radius 3 is 2.71 bits per heavy atom. The molecule has 0 aromatic carbocycles. The predicted molar refractivity (Wildman–Crippen MR) is 105 cm³/mol. The van der Waals surface area contributed by atoms with Crippen LogP contribution in [0.15, 0.2) is 12.3 Å². The van der Waals surface area contributed by atoms with Crippen molar-refractivity contribution >= 4 is 11.8 Å². The summed E-state index contributed by atoms with van der Waals surface area (Å²) in [6, 6.07) is 2.86. The SMILES string of the molecule is Cn1nccc1C(=O)N1CCC(N2CC3CC(C2)[C@H]2CCCC(=O)N2C3)CC1. The quantitative estimate of drug-likeness (QED) is 0.771. The first-order valence-corrected chi connectivity index (χ1v) is 10.9. The van der Waals surface area contributed by atoms with Crippen LogP contribution in [0, 0.1) is 11.8 Å². The summed E-state index contributed by atoms with van der Waals surface area (Å²) in [6.07, 6.45) is 8.09. The van der Waals surface area contributed by atoms with Crippen LogP contribution >= 0.6 is 0 Å². The summed E-state index contributed by atoms with van der Waals surface area (Å²) < 4.78 is 1.66. The molecule has 2 amide bonds. The normalized spacial score (nSPS) is 31.8. The van der Waals surface area contributed by atoms with Gasteiger partial charge in [0, 0.05) is 64.5 Å². The summed E-state index contributed by atoms with van der Waals surface area (Å²) in [7, 11) is 1.83. The third-order valence-corrected chi connectivity index (χ3v) is 7.52. The molecule has 4 fully saturated rings. The second-order valence-corrected chi connectivity index (χ2v) is 9.18. The van der Waals surface area contributed by atoms with Crippen LogP contribution in [0.3, 0.4) is 0 Å². The van der Waals surface area contributed by atoms with E-state index in [4.69, 9.17) is 0 Å². The molecule has 0 N–H and O–H groups in total. The van der Waals surface area contributed by atoms with E-state index in [9.17, 15) is 9.59 Å². The molecule has 1 aromatic heterocycles. The molecule has 4 aliphatic heterocycles. The van der Waals surface area contributed by atoms with Crippen molar-refractivity contribution in [3.8, 4) is 0 Å². The number of hydrogen-bond donors (Lipinski definition) is 0. The summed E-state index contributed by atoms with van der Waals surface area (Å²) >= 11 is 0. The van der Waals surface area contributed by atoms with E-state index < -0.39 is 0 Å². The number of hydrogen-bond acceptors (Lipinski definition) is 4. The minimum absolute atomic E-state index is 0.102. The average molecular weight is 386 g/mol. The number of carbonyl (C=O) groups excluding carboxylic acids is 2. The van der Waals surface area contributed by atoms with Crippen LogP contribution in [-0.2, 0) is 11.8 Å². The smallest absolute Gasteiger partial charge is 0.272 e. The summed E-state index contributed by atoms with van der Waals surface area (Å²) in [6.45, 7) is 4.87. The van der Waals surface area contributed by atoms with Gasteiger partial charge in [0.25, 0.3) is 5.91 Å². The maximum absolute atomic E-state index is 12.7. The number of likely N-dealkylation sites (tertiary alicyclic amines) is 2. The molecule has 5 rings (SSSR count). The number of nitrogens with zero attached hydrogens (tertiary/aromatic N) is 5. The van der Waals surface area contributed by atoms with Gasteiger partial charge in [-0.05, 0) is 50.0 Å². The Bertz CT molecular complexity index is 754. The van der Waals surface area contributed by atoms with Crippen molar-refractivity contribution in [1.82, 2.24) is 24.5 Å². The molecule has 5 heterocycles. The molecule has 4 saturated heterocycles. The Labute approximate surface area is 166 Å². The van der Waals surface area contributed by atoms with Gasteiger partial charge in [0.1, 0.15) is 5.69 Å². The average Bonchev–Trinajstić information content (AvgIpc) is 3.14. The molecular weight excluding hydrogens is 354 g/mol. The second-order valence-electron chi connectivity index (χ2n) is 9.18. The van der Waals surface area contributed by atoms with E-state index in [-0.39, 0.29) is 5.91 Å². The van der Waals surface area contributed by atoms with Crippen molar-refractivity contribution in [3.05, 3.63) is 18.0 Å². The highest BCUT2D eigenvalue weighted by Crippen LogP contribution is 2.39. The van der Waals surface area contributed by atoms with Gasteiger partial charge in [-0.3, -0.25) is 19.2 Å². The Morgan fingerprint density at radius 2 is 1.96 bits per heavy atom. The molecule has 2 unspecified atom stereocenters. The molecule has 0 radical (unpaired) electrons. The number of amides is 2. The lowest BCUT2D eigenvalue weighted by atomic mass is 9.75. The molecule has 0 saturated carbocycles. The largest absolute Gasteiger partial charge is 0.339 e. The fraction of sp³-hybridized carbons (Fsp3) is 0.762. The van der Waals surface area contributed by atoms with Crippen LogP contribution < -0.4 is 0 Å². The first-order chi connectivity index (χ1) is 13.6. The fourth-order valence-electron chi connectivity index (χ4n) is 6.13. The monoisotopic (exact) mass is 385 g/mol. The van der Waals surface area contributed by atoms with Crippen LogP contribution in [0.5, 0.6) is 0 Å². The molecule has 2 bridgehead atoms. The Balaban J connectivity index is 1.20. The van der Waals surface area contributed by atoms with Crippen LogP contribution in [0.1, 0.15) is 49.0 Å². The fourth-order valence-corrected chi connectivity index (χ4v) is 6.13. The number of rotatable bonds is 2. The summed E-state index contributed by atoms with van der Waals surface area (Å²) in [5, 5.41) is 4.12. The van der Waals surface area contributed by atoms with Crippen LogP contribution in [0.2, 0.25) is 0 Å². The van der Waals surface area contributed by atoms with Gasteiger partial charge in [-0.25, -0.2) is 0 Å². The van der Waals surface area contributed by atoms with Gasteiger partial charge in [0.15, 0.2) is 0 Å². The predicted octanol–water partition coefficient (Wildman–Crippen LogP) is 1.36. The summed E-state index contributed by atoms with van der Waals surface area (Å²) in [5.74, 6) is 1.77. The van der Waals surface area contributed by atoms with E-state index in [0.29, 0.717) is 35.5 Å². The van der Waals surface area contributed by atoms with E-state index in [1.54, 1.807) is 16.9 Å². The number of carbonyl (C=O) groups is 2. The number of aromatic nitrogens is 2.